The van der Waals surface area contributed by atoms with Gasteiger partial charge in [-0.1, -0.05) is 65.5 Å². The van der Waals surface area contributed by atoms with Crippen LogP contribution in [-0.4, -0.2) is 35.6 Å². The number of carbonyl (C=O) groups is 2. The molecule has 2 aromatic carbocycles. The number of hydrogen-bond donors (Lipinski definition) is 1. The van der Waals surface area contributed by atoms with E-state index in [9.17, 15) is 9.59 Å². The van der Waals surface area contributed by atoms with Crippen LogP contribution >= 0.6 is 58.2 Å². The highest BCUT2D eigenvalue weighted by atomic mass is 35.5. The molecule has 0 unspecified atom stereocenters. The lowest BCUT2D eigenvalue weighted by molar-refractivity contribution is -0.139. The minimum Gasteiger partial charge on any atom is -0.357 e. The SMILES string of the molecule is CC[C@H](C(=O)NC)N(Cc1c(Cl)cccc1Cl)C(=O)CSCc1ccc(Cl)c(Cl)c1. The molecule has 4 nitrogen and oxygen atoms in total. The molecule has 0 aliphatic heterocycles. The molecule has 0 aliphatic carbocycles. The van der Waals surface area contributed by atoms with Gasteiger partial charge in [0, 0.05) is 35.0 Å². The normalized spacial score (nSPS) is 11.8. The Kier molecular flexibility index (Phi) is 10.1. The Morgan fingerprint density at radius 3 is 2.27 bits per heavy atom. The van der Waals surface area contributed by atoms with Crippen molar-refractivity contribution in [1.29, 1.82) is 0 Å². The van der Waals surface area contributed by atoms with Crippen molar-refractivity contribution in [2.75, 3.05) is 12.8 Å². The van der Waals surface area contributed by atoms with Crippen LogP contribution in [0.5, 0.6) is 0 Å². The Hall–Kier alpha value is -1.11. The van der Waals surface area contributed by atoms with E-state index in [0.717, 1.165) is 5.56 Å². The van der Waals surface area contributed by atoms with Crippen LogP contribution < -0.4 is 5.32 Å². The Morgan fingerprint density at radius 2 is 1.70 bits per heavy atom. The molecule has 0 saturated heterocycles. The summed E-state index contributed by atoms with van der Waals surface area (Å²) in [6.45, 7) is 2.01. The first kappa shape index (κ1) is 25.2. The number of benzene rings is 2. The van der Waals surface area contributed by atoms with E-state index < -0.39 is 6.04 Å². The van der Waals surface area contributed by atoms with E-state index in [1.54, 1.807) is 37.4 Å². The summed E-state index contributed by atoms with van der Waals surface area (Å²) >= 11 is 26.0. The number of nitrogens with one attached hydrogen (secondary N) is 1. The summed E-state index contributed by atoms with van der Waals surface area (Å²) in [7, 11) is 1.55. The van der Waals surface area contributed by atoms with E-state index in [2.05, 4.69) is 5.32 Å². The summed E-state index contributed by atoms with van der Waals surface area (Å²) in [5.41, 5.74) is 1.58. The summed E-state index contributed by atoms with van der Waals surface area (Å²) in [6.07, 6.45) is 0.463. The number of hydrogen-bond acceptors (Lipinski definition) is 3. The van der Waals surface area contributed by atoms with E-state index in [1.165, 1.54) is 16.7 Å². The van der Waals surface area contributed by atoms with E-state index in [-0.39, 0.29) is 24.1 Å². The Morgan fingerprint density at radius 1 is 1.03 bits per heavy atom. The zero-order chi connectivity index (χ0) is 22.3. The second kappa shape index (κ2) is 12.1. The molecule has 1 N–H and O–H groups in total. The fourth-order valence-electron chi connectivity index (χ4n) is 2.91. The molecule has 2 amide bonds. The van der Waals surface area contributed by atoms with E-state index in [1.807, 2.05) is 13.0 Å². The molecule has 1 atom stereocenters. The molecule has 2 aromatic rings. The van der Waals surface area contributed by atoms with E-state index in [4.69, 9.17) is 46.4 Å². The van der Waals surface area contributed by atoms with Gasteiger partial charge in [0.15, 0.2) is 0 Å². The van der Waals surface area contributed by atoms with Crippen molar-refractivity contribution in [3.63, 3.8) is 0 Å². The average molecular weight is 508 g/mol. The molecule has 0 saturated carbocycles. The molecule has 0 bridgehead atoms. The van der Waals surface area contributed by atoms with Gasteiger partial charge in [-0.25, -0.2) is 0 Å². The zero-order valence-corrected chi connectivity index (χ0v) is 20.4. The highest BCUT2D eigenvalue weighted by molar-refractivity contribution is 7.99. The molecule has 0 heterocycles. The molecule has 0 aliphatic rings. The fraction of sp³-hybridized carbons (Fsp3) is 0.333. The quantitative estimate of drug-likeness (QED) is 0.447. The minimum absolute atomic E-state index is 0.149. The van der Waals surface area contributed by atoms with Crippen molar-refractivity contribution in [2.45, 2.75) is 31.7 Å². The summed E-state index contributed by atoms with van der Waals surface area (Å²) in [6, 6.07) is 9.92. The van der Waals surface area contributed by atoms with Crippen LogP contribution in [0.1, 0.15) is 24.5 Å². The van der Waals surface area contributed by atoms with Crippen LogP contribution in [0.25, 0.3) is 0 Å². The maximum atomic E-state index is 13.1. The highest BCUT2D eigenvalue weighted by Crippen LogP contribution is 2.28. The predicted molar refractivity (Wildman–Crippen MR) is 128 cm³/mol. The summed E-state index contributed by atoms with van der Waals surface area (Å²) in [4.78, 5) is 27.0. The molecule has 0 aromatic heterocycles. The third-order valence-corrected chi connectivity index (χ3v) is 6.94. The molecular weight excluding hydrogens is 486 g/mol. The average Bonchev–Trinajstić information content (AvgIpc) is 2.72. The summed E-state index contributed by atoms with van der Waals surface area (Å²) in [5, 5.41) is 4.50. The van der Waals surface area contributed by atoms with Gasteiger partial charge in [0.25, 0.3) is 0 Å². The first-order valence-corrected chi connectivity index (χ1v) is 11.9. The van der Waals surface area contributed by atoms with Gasteiger partial charge in [-0.15, -0.1) is 11.8 Å². The lowest BCUT2D eigenvalue weighted by Crippen LogP contribution is -2.48. The first-order chi connectivity index (χ1) is 14.3. The van der Waals surface area contributed by atoms with Gasteiger partial charge >= 0.3 is 0 Å². The van der Waals surface area contributed by atoms with Crippen LogP contribution in [0.4, 0.5) is 0 Å². The van der Waals surface area contributed by atoms with Crippen molar-refractivity contribution in [2.24, 2.45) is 0 Å². The smallest absolute Gasteiger partial charge is 0.242 e. The lowest BCUT2D eigenvalue weighted by atomic mass is 10.1. The molecule has 0 fully saturated rings. The molecule has 0 radical (unpaired) electrons. The standard InChI is InChI=1S/C21H22Cl4N2O2S/c1-3-19(21(29)26-2)27(10-14-15(22)5-4-6-16(14)23)20(28)12-30-11-13-7-8-17(24)18(25)9-13/h4-9,19H,3,10-12H2,1-2H3,(H,26,29)/t19-/m1/s1. The lowest BCUT2D eigenvalue weighted by Gasteiger charge is -2.30. The number of likely N-dealkylation sites (N-methyl/N-ethyl adjacent to an activating group) is 1. The van der Waals surface area contributed by atoms with Crippen LogP contribution in [0.3, 0.4) is 0 Å². The van der Waals surface area contributed by atoms with Gasteiger partial charge in [-0.2, -0.15) is 0 Å². The number of nitrogens with zero attached hydrogens (tertiary/aromatic N) is 1. The van der Waals surface area contributed by atoms with Gasteiger partial charge in [-0.3, -0.25) is 9.59 Å². The number of carbonyl (C=O) groups excluding carboxylic acids is 2. The van der Waals surface area contributed by atoms with Gasteiger partial charge < -0.3 is 10.2 Å². The largest absolute Gasteiger partial charge is 0.357 e. The van der Waals surface area contributed by atoms with Crippen molar-refractivity contribution in [1.82, 2.24) is 10.2 Å². The number of halogens is 4. The van der Waals surface area contributed by atoms with Crippen LogP contribution in [0.2, 0.25) is 20.1 Å². The molecule has 30 heavy (non-hydrogen) atoms. The highest BCUT2D eigenvalue weighted by Gasteiger charge is 2.29. The maximum Gasteiger partial charge on any atom is 0.242 e. The van der Waals surface area contributed by atoms with E-state index in [0.29, 0.717) is 37.8 Å². The second-order valence-corrected chi connectivity index (χ2v) is 9.12. The third-order valence-electron chi connectivity index (χ3n) is 4.50. The number of thioether (sulfide) groups is 1. The Labute approximate surface area is 201 Å². The predicted octanol–water partition coefficient (Wildman–Crippen LogP) is 6.09. The van der Waals surface area contributed by atoms with Crippen LogP contribution in [-0.2, 0) is 21.9 Å². The van der Waals surface area contributed by atoms with Gasteiger partial charge in [0.1, 0.15) is 6.04 Å². The Bertz CT molecular complexity index is 890. The topological polar surface area (TPSA) is 49.4 Å². The van der Waals surface area contributed by atoms with Crippen LogP contribution in [0, 0.1) is 0 Å². The number of amides is 2. The van der Waals surface area contributed by atoms with Crippen LogP contribution in [0.15, 0.2) is 36.4 Å². The summed E-state index contributed by atoms with van der Waals surface area (Å²) < 4.78 is 0. The molecule has 9 heteroatoms. The monoisotopic (exact) mass is 506 g/mol. The van der Waals surface area contributed by atoms with Crippen molar-refractivity contribution >= 4 is 70.0 Å². The first-order valence-electron chi connectivity index (χ1n) is 9.24. The van der Waals surface area contributed by atoms with Crippen molar-refractivity contribution in [3.8, 4) is 0 Å². The van der Waals surface area contributed by atoms with Gasteiger partial charge in [0.05, 0.1) is 15.8 Å². The summed E-state index contributed by atoms with van der Waals surface area (Å²) in [5.74, 6) is 0.366. The molecular formula is C21H22Cl4N2O2S. The molecule has 162 valence electrons. The Balaban J connectivity index is 2.16. The number of rotatable bonds is 9. The third kappa shape index (κ3) is 6.69. The van der Waals surface area contributed by atoms with Crippen molar-refractivity contribution < 1.29 is 9.59 Å². The fourth-order valence-corrected chi connectivity index (χ4v) is 4.60. The minimum atomic E-state index is -0.625. The zero-order valence-electron chi connectivity index (χ0n) is 16.6. The van der Waals surface area contributed by atoms with Gasteiger partial charge in [0.2, 0.25) is 11.8 Å². The maximum absolute atomic E-state index is 13.1. The van der Waals surface area contributed by atoms with Crippen molar-refractivity contribution in [3.05, 3.63) is 67.6 Å². The molecule has 2 rings (SSSR count). The van der Waals surface area contributed by atoms with Gasteiger partial charge in [-0.05, 0) is 36.2 Å². The molecule has 0 spiro atoms. The van der Waals surface area contributed by atoms with E-state index >= 15 is 0 Å². The second-order valence-electron chi connectivity index (χ2n) is 6.50.